The monoisotopic (exact) mass is 363 g/mol. The van der Waals surface area contributed by atoms with Crippen LogP contribution >= 0.6 is 0 Å². The second kappa shape index (κ2) is 8.18. The topological polar surface area (TPSA) is 81.2 Å². The second-order valence-electron chi connectivity index (χ2n) is 6.69. The molecule has 0 aliphatic heterocycles. The maximum absolute atomic E-state index is 12.5. The van der Waals surface area contributed by atoms with Gasteiger partial charge in [0.05, 0.1) is 5.69 Å². The highest BCUT2D eigenvalue weighted by Crippen LogP contribution is 2.21. The van der Waals surface area contributed by atoms with Crippen LogP contribution in [0.2, 0.25) is 0 Å². The van der Waals surface area contributed by atoms with Crippen LogP contribution in [-0.4, -0.2) is 17.4 Å². The molecule has 0 aliphatic rings. The molecule has 140 valence electrons. The number of amides is 1. The van der Waals surface area contributed by atoms with Crippen molar-refractivity contribution >= 4 is 5.91 Å². The normalized spacial score (nSPS) is 10.8. The minimum absolute atomic E-state index is 0.0887. The van der Waals surface area contributed by atoms with Crippen LogP contribution in [0.5, 0.6) is 0 Å². The van der Waals surface area contributed by atoms with Gasteiger partial charge in [-0.05, 0) is 61.7 Å². The molecule has 0 saturated heterocycles. The highest BCUT2D eigenvalue weighted by molar-refractivity contribution is 5.94. The molecule has 0 atom stereocenters. The number of nitrogens with one attached hydrogen (secondary N) is 1. The Kier molecular flexibility index (Phi) is 5.72. The summed E-state index contributed by atoms with van der Waals surface area (Å²) in [6.07, 6.45) is 0.618. The molecule has 0 saturated carbocycles. The number of carbonyl (C=O) groups is 1. The van der Waals surface area contributed by atoms with Gasteiger partial charge >= 0.3 is 0 Å². The van der Waals surface area contributed by atoms with E-state index in [1.54, 1.807) is 0 Å². The molecule has 0 aliphatic carbocycles. The molecule has 0 bridgehead atoms. The lowest BCUT2D eigenvalue weighted by atomic mass is 9.99. The summed E-state index contributed by atoms with van der Waals surface area (Å²) in [5.41, 5.74) is 11.4. The van der Waals surface area contributed by atoms with Crippen LogP contribution in [0, 0.1) is 20.8 Å². The number of rotatable bonds is 6. The highest BCUT2D eigenvalue weighted by atomic mass is 16.4. The van der Waals surface area contributed by atoms with Crippen LogP contribution in [0.3, 0.4) is 0 Å². The van der Waals surface area contributed by atoms with Crippen molar-refractivity contribution in [3.05, 3.63) is 76.2 Å². The SMILES string of the molecule is Cc1cc(C(=O)NCCc2nc(-c3ccccc3)oc2C)cc(C)c1CN. The first kappa shape index (κ1) is 18.9. The van der Waals surface area contributed by atoms with Gasteiger partial charge < -0.3 is 15.5 Å². The van der Waals surface area contributed by atoms with Crippen LogP contribution in [0.4, 0.5) is 0 Å². The Morgan fingerprint density at radius 3 is 2.41 bits per heavy atom. The van der Waals surface area contributed by atoms with Crippen molar-refractivity contribution < 1.29 is 9.21 Å². The van der Waals surface area contributed by atoms with Gasteiger partial charge in [-0.1, -0.05) is 18.2 Å². The second-order valence-corrected chi connectivity index (χ2v) is 6.69. The molecular weight excluding hydrogens is 338 g/mol. The molecule has 5 nitrogen and oxygen atoms in total. The van der Waals surface area contributed by atoms with Gasteiger partial charge in [0.2, 0.25) is 5.89 Å². The molecule has 3 aromatic rings. The van der Waals surface area contributed by atoms with Crippen LogP contribution in [-0.2, 0) is 13.0 Å². The molecule has 3 rings (SSSR count). The minimum atomic E-state index is -0.0887. The zero-order chi connectivity index (χ0) is 19.4. The Balaban J connectivity index is 1.63. The van der Waals surface area contributed by atoms with Gasteiger partial charge in [-0.25, -0.2) is 4.98 Å². The molecule has 0 fully saturated rings. The molecule has 2 aromatic carbocycles. The van der Waals surface area contributed by atoms with Gasteiger partial charge in [-0.15, -0.1) is 0 Å². The summed E-state index contributed by atoms with van der Waals surface area (Å²) in [6.45, 7) is 6.84. The number of benzene rings is 2. The Morgan fingerprint density at radius 1 is 1.11 bits per heavy atom. The van der Waals surface area contributed by atoms with E-state index in [9.17, 15) is 4.79 Å². The molecule has 3 N–H and O–H groups in total. The van der Waals surface area contributed by atoms with E-state index in [0.29, 0.717) is 31.0 Å². The van der Waals surface area contributed by atoms with Crippen molar-refractivity contribution in [1.82, 2.24) is 10.3 Å². The largest absolute Gasteiger partial charge is 0.441 e. The van der Waals surface area contributed by atoms with Crippen molar-refractivity contribution in [2.45, 2.75) is 33.7 Å². The fourth-order valence-electron chi connectivity index (χ4n) is 3.21. The molecule has 1 heterocycles. The maximum Gasteiger partial charge on any atom is 0.251 e. The molecule has 5 heteroatoms. The van der Waals surface area contributed by atoms with E-state index in [1.807, 2.05) is 63.2 Å². The number of hydrogen-bond acceptors (Lipinski definition) is 4. The Bertz CT molecular complexity index is 922. The van der Waals surface area contributed by atoms with Crippen LogP contribution in [0.15, 0.2) is 46.9 Å². The van der Waals surface area contributed by atoms with Gasteiger partial charge in [-0.3, -0.25) is 4.79 Å². The van der Waals surface area contributed by atoms with Gasteiger partial charge in [-0.2, -0.15) is 0 Å². The van der Waals surface area contributed by atoms with Gasteiger partial charge in [0.1, 0.15) is 5.76 Å². The van der Waals surface area contributed by atoms with Gasteiger partial charge in [0.15, 0.2) is 0 Å². The fraction of sp³-hybridized carbons (Fsp3) is 0.273. The molecule has 1 amide bonds. The number of nitrogens with two attached hydrogens (primary N) is 1. The first-order chi connectivity index (χ1) is 13.0. The summed E-state index contributed by atoms with van der Waals surface area (Å²) in [6, 6.07) is 13.6. The van der Waals surface area contributed by atoms with Crippen LogP contribution < -0.4 is 11.1 Å². The minimum Gasteiger partial charge on any atom is -0.441 e. The number of aromatic nitrogens is 1. The quantitative estimate of drug-likeness (QED) is 0.700. The Hall–Kier alpha value is -2.92. The molecule has 1 aromatic heterocycles. The molecular formula is C22H25N3O2. The average Bonchev–Trinajstić information content (AvgIpc) is 3.03. The summed E-state index contributed by atoms with van der Waals surface area (Å²) in [7, 11) is 0. The summed E-state index contributed by atoms with van der Waals surface area (Å²) >= 11 is 0. The lowest BCUT2D eigenvalue weighted by Crippen LogP contribution is -2.26. The number of hydrogen-bond donors (Lipinski definition) is 2. The standard InChI is InChI=1S/C22H25N3O2/c1-14-11-18(12-15(2)19(14)13-23)21(26)24-10-9-20-16(3)27-22(25-20)17-7-5-4-6-8-17/h4-8,11-12H,9-10,13,23H2,1-3H3,(H,24,26). The number of oxazole rings is 1. The summed E-state index contributed by atoms with van der Waals surface area (Å²) in [4.78, 5) is 17.0. The van der Waals surface area contributed by atoms with E-state index in [-0.39, 0.29) is 5.91 Å². The van der Waals surface area contributed by atoms with E-state index < -0.39 is 0 Å². The lowest BCUT2D eigenvalue weighted by molar-refractivity contribution is 0.0954. The van der Waals surface area contributed by atoms with Crippen molar-refractivity contribution in [2.24, 2.45) is 5.73 Å². The Labute approximate surface area is 159 Å². The fourth-order valence-corrected chi connectivity index (χ4v) is 3.21. The first-order valence-corrected chi connectivity index (χ1v) is 9.09. The van der Waals surface area contributed by atoms with Gasteiger partial charge in [0.25, 0.3) is 5.91 Å². The van der Waals surface area contributed by atoms with E-state index in [2.05, 4.69) is 10.3 Å². The molecule has 0 unspecified atom stereocenters. The smallest absolute Gasteiger partial charge is 0.251 e. The third-order valence-corrected chi connectivity index (χ3v) is 4.72. The summed E-state index contributed by atoms with van der Waals surface area (Å²) < 4.78 is 5.76. The number of nitrogens with zero attached hydrogens (tertiary/aromatic N) is 1. The summed E-state index contributed by atoms with van der Waals surface area (Å²) in [5, 5.41) is 2.96. The first-order valence-electron chi connectivity index (χ1n) is 9.09. The Morgan fingerprint density at radius 2 is 1.78 bits per heavy atom. The van der Waals surface area contributed by atoms with Crippen molar-refractivity contribution in [3.8, 4) is 11.5 Å². The van der Waals surface area contributed by atoms with Crippen LogP contribution in [0.25, 0.3) is 11.5 Å². The predicted molar refractivity (Wildman–Crippen MR) is 107 cm³/mol. The highest BCUT2D eigenvalue weighted by Gasteiger charge is 2.13. The van der Waals surface area contributed by atoms with Crippen molar-refractivity contribution in [2.75, 3.05) is 6.54 Å². The molecule has 0 spiro atoms. The maximum atomic E-state index is 12.5. The van der Waals surface area contributed by atoms with E-state index in [1.165, 1.54) is 0 Å². The van der Waals surface area contributed by atoms with Gasteiger partial charge in [0, 0.05) is 30.6 Å². The number of aryl methyl sites for hydroxylation is 3. The average molecular weight is 363 g/mol. The van der Waals surface area contributed by atoms with Crippen molar-refractivity contribution in [1.29, 1.82) is 0 Å². The van der Waals surface area contributed by atoms with E-state index in [0.717, 1.165) is 33.7 Å². The third kappa shape index (κ3) is 4.26. The van der Waals surface area contributed by atoms with E-state index >= 15 is 0 Å². The zero-order valence-corrected chi connectivity index (χ0v) is 16.0. The third-order valence-electron chi connectivity index (χ3n) is 4.72. The van der Waals surface area contributed by atoms with E-state index in [4.69, 9.17) is 10.2 Å². The predicted octanol–water partition coefficient (Wildman–Crippen LogP) is 3.70. The zero-order valence-electron chi connectivity index (χ0n) is 16.0. The van der Waals surface area contributed by atoms with Crippen molar-refractivity contribution in [3.63, 3.8) is 0 Å². The molecule has 27 heavy (non-hydrogen) atoms. The summed E-state index contributed by atoms with van der Waals surface area (Å²) in [5.74, 6) is 1.30. The number of carbonyl (C=O) groups excluding carboxylic acids is 1. The lowest BCUT2D eigenvalue weighted by Gasteiger charge is -2.11. The van der Waals surface area contributed by atoms with Crippen LogP contribution in [0.1, 0.15) is 38.5 Å². The molecule has 0 radical (unpaired) electrons.